The van der Waals surface area contributed by atoms with Gasteiger partial charge in [0.15, 0.2) is 11.6 Å². The van der Waals surface area contributed by atoms with Crippen LogP contribution in [0, 0.1) is 5.82 Å². The minimum absolute atomic E-state index is 0.144. The second kappa shape index (κ2) is 5.41. The minimum Gasteiger partial charge on any atom is -0.494 e. The Hall–Kier alpha value is -1.87. The fraction of sp³-hybridized carbons (Fsp3) is 0.250. The summed E-state index contributed by atoms with van der Waals surface area (Å²) in [6, 6.07) is 14.3. The van der Waals surface area contributed by atoms with E-state index in [1.165, 1.54) is 13.2 Å². The molecule has 0 bridgehead atoms. The summed E-state index contributed by atoms with van der Waals surface area (Å²) in [5.74, 6) is -0.364. The Morgan fingerprint density at radius 2 is 1.79 bits per heavy atom. The normalized spacial score (nSPS) is 13.9. The molecule has 2 nitrogen and oxygen atoms in total. The summed E-state index contributed by atoms with van der Waals surface area (Å²) in [7, 11) is 1.41. The summed E-state index contributed by atoms with van der Waals surface area (Å²) in [4.78, 5) is 0. The maximum Gasteiger partial charge on any atom is 0.171 e. The molecule has 0 aliphatic heterocycles. The molecular weight excluding hydrogens is 243 g/mol. The first-order chi connectivity index (χ1) is 9.04. The molecule has 0 saturated heterocycles. The van der Waals surface area contributed by atoms with Crippen molar-refractivity contribution < 1.29 is 14.2 Å². The number of aliphatic hydroxyl groups is 1. The van der Waals surface area contributed by atoms with E-state index in [2.05, 4.69) is 0 Å². The van der Waals surface area contributed by atoms with E-state index >= 15 is 0 Å². The Bertz CT molecular complexity index is 550. The number of methoxy groups -OCH3 is 1. The van der Waals surface area contributed by atoms with Gasteiger partial charge in [0.2, 0.25) is 0 Å². The van der Waals surface area contributed by atoms with Crippen LogP contribution >= 0.6 is 0 Å². The molecule has 100 valence electrons. The van der Waals surface area contributed by atoms with Crippen LogP contribution in [0.1, 0.15) is 18.1 Å². The molecule has 2 aromatic rings. The average Bonchev–Trinajstić information content (AvgIpc) is 2.39. The molecule has 0 amide bonds. The predicted molar refractivity (Wildman–Crippen MR) is 72.7 cm³/mol. The quantitative estimate of drug-likeness (QED) is 0.914. The first-order valence-corrected chi connectivity index (χ1v) is 6.14. The van der Waals surface area contributed by atoms with Gasteiger partial charge in [0.05, 0.1) is 12.7 Å². The van der Waals surface area contributed by atoms with Gasteiger partial charge in [0, 0.05) is 12.0 Å². The van der Waals surface area contributed by atoms with Crippen molar-refractivity contribution in [3.05, 3.63) is 65.5 Å². The molecule has 0 heterocycles. The van der Waals surface area contributed by atoms with Gasteiger partial charge < -0.3 is 9.84 Å². The molecule has 0 radical (unpaired) electrons. The van der Waals surface area contributed by atoms with E-state index in [-0.39, 0.29) is 11.3 Å². The number of halogens is 1. The highest BCUT2D eigenvalue weighted by atomic mass is 19.1. The zero-order valence-electron chi connectivity index (χ0n) is 11.1. The van der Waals surface area contributed by atoms with Gasteiger partial charge in [-0.15, -0.1) is 0 Å². The van der Waals surface area contributed by atoms with Crippen molar-refractivity contribution in [3.8, 4) is 5.75 Å². The monoisotopic (exact) mass is 260 g/mol. The molecule has 0 spiro atoms. The number of hydrogen-bond acceptors (Lipinski definition) is 2. The van der Waals surface area contributed by atoms with Crippen LogP contribution in [0.2, 0.25) is 0 Å². The molecule has 0 aliphatic rings. The lowest BCUT2D eigenvalue weighted by Gasteiger charge is -2.25. The summed E-state index contributed by atoms with van der Waals surface area (Å²) < 4.78 is 19.1. The largest absolute Gasteiger partial charge is 0.494 e. The van der Waals surface area contributed by atoms with Gasteiger partial charge in [0.25, 0.3) is 0 Å². The SMILES string of the molecule is COc1cccc(C(C)(O)Cc2ccccc2)c1F. The molecule has 1 N–H and O–H groups in total. The van der Waals surface area contributed by atoms with Crippen molar-refractivity contribution in [1.29, 1.82) is 0 Å². The molecule has 2 rings (SSSR count). The maximum atomic E-state index is 14.2. The fourth-order valence-electron chi connectivity index (χ4n) is 2.17. The number of hydrogen-bond donors (Lipinski definition) is 1. The second-order valence-electron chi connectivity index (χ2n) is 4.76. The maximum absolute atomic E-state index is 14.2. The Kier molecular flexibility index (Phi) is 3.86. The minimum atomic E-state index is -1.28. The number of rotatable bonds is 4. The second-order valence-corrected chi connectivity index (χ2v) is 4.76. The molecule has 19 heavy (non-hydrogen) atoms. The van der Waals surface area contributed by atoms with E-state index in [4.69, 9.17) is 4.74 Å². The van der Waals surface area contributed by atoms with Gasteiger partial charge in [-0.05, 0) is 18.6 Å². The van der Waals surface area contributed by atoms with Crippen LogP contribution in [0.15, 0.2) is 48.5 Å². The third kappa shape index (κ3) is 2.93. The lowest BCUT2D eigenvalue weighted by Crippen LogP contribution is -2.25. The van der Waals surface area contributed by atoms with Crippen LogP contribution in [-0.4, -0.2) is 12.2 Å². The van der Waals surface area contributed by atoms with Crippen molar-refractivity contribution in [2.24, 2.45) is 0 Å². The van der Waals surface area contributed by atoms with E-state index < -0.39 is 11.4 Å². The zero-order valence-corrected chi connectivity index (χ0v) is 11.1. The van der Waals surface area contributed by atoms with E-state index in [1.54, 1.807) is 19.1 Å². The highest BCUT2D eigenvalue weighted by Crippen LogP contribution is 2.31. The van der Waals surface area contributed by atoms with Crippen LogP contribution in [-0.2, 0) is 12.0 Å². The topological polar surface area (TPSA) is 29.5 Å². The Morgan fingerprint density at radius 1 is 1.11 bits per heavy atom. The van der Waals surface area contributed by atoms with Crippen LogP contribution in [0.5, 0.6) is 5.75 Å². The average molecular weight is 260 g/mol. The molecule has 1 atom stereocenters. The van der Waals surface area contributed by atoms with Gasteiger partial charge in [-0.25, -0.2) is 4.39 Å². The van der Waals surface area contributed by atoms with Crippen molar-refractivity contribution in [2.75, 3.05) is 7.11 Å². The van der Waals surface area contributed by atoms with E-state index in [1.807, 2.05) is 30.3 Å². The van der Waals surface area contributed by atoms with Gasteiger partial charge in [0.1, 0.15) is 0 Å². The highest BCUT2D eigenvalue weighted by Gasteiger charge is 2.28. The molecule has 3 heteroatoms. The smallest absolute Gasteiger partial charge is 0.171 e. The lowest BCUT2D eigenvalue weighted by atomic mass is 9.88. The molecule has 0 aliphatic carbocycles. The zero-order chi connectivity index (χ0) is 13.9. The molecular formula is C16H17FO2. The summed E-state index contributed by atoms with van der Waals surface area (Å²) in [6.45, 7) is 1.61. The third-order valence-corrected chi connectivity index (χ3v) is 3.15. The van der Waals surface area contributed by atoms with Gasteiger partial charge >= 0.3 is 0 Å². The molecule has 0 aromatic heterocycles. The lowest BCUT2D eigenvalue weighted by molar-refractivity contribution is 0.0533. The van der Waals surface area contributed by atoms with E-state index in [0.29, 0.717) is 6.42 Å². The van der Waals surface area contributed by atoms with Crippen LogP contribution in [0.25, 0.3) is 0 Å². The Labute approximate surface area is 112 Å². The van der Waals surface area contributed by atoms with Crippen molar-refractivity contribution in [1.82, 2.24) is 0 Å². The first-order valence-electron chi connectivity index (χ1n) is 6.14. The summed E-state index contributed by atoms with van der Waals surface area (Å²) in [5.41, 5.74) is -0.0783. The third-order valence-electron chi connectivity index (χ3n) is 3.15. The van der Waals surface area contributed by atoms with E-state index in [9.17, 15) is 9.50 Å². The standard InChI is InChI=1S/C16H17FO2/c1-16(18,11-12-7-4-3-5-8-12)13-9-6-10-14(19-2)15(13)17/h3-10,18H,11H2,1-2H3. The van der Waals surface area contributed by atoms with E-state index in [0.717, 1.165) is 5.56 Å². The van der Waals surface area contributed by atoms with Crippen molar-refractivity contribution in [2.45, 2.75) is 18.9 Å². The summed E-state index contributed by atoms with van der Waals surface area (Å²) >= 11 is 0. The highest BCUT2D eigenvalue weighted by molar-refractivity contribution is 5.35. The summed E-state index contributed by atoms with van der Waals surface area (Å²) in [5, 5.41) is 10.5. The number of benzene rings is 2. The van der Waals surface area contributed by atoms with Gasteiger partial charge in [-0.3, -0.25) is 0 Å². The molecule has 2 aromatic carbocycles. The first kappa shape index (κ1) is 13.6. The van der Waals surface area contributed by atoms with Crippen molar-refractivity contribution in [3.63, 3.8) is 0 Å². The fourth-order valence-corrected chi connectivity index (χ4v) is 2.17. The summed E-state index contributed by atoms with van der Waals surface area (Å²) in [6.07, 6.45) is 0.345. The molecule has 1 unspecified atom stereocenters. The molecule has 0 fully saturated rings. The Morgan fingerprint density at radius 3 is 2.42 bits per heavy atom. The predicted octanol–water partition coefficient (Wildman–Crippen LogP) is 3.28. The van der Waals surface area contributed by atoms with Gasteiger partial charge in [-0.2, -0.15) is 0 Å². The van der Waals surface area contributed by atoms with Crippen LogP contribution < -0.4 is 4.74 Å². The van der Waals surface area contributed by atoms with Crippen LogP contribution in [0.4, 0.5) is 4.39 Å². The van der Waals surface area contributed by atoms with Gasteiger partial charge in [-0.1, -0.05) is 42.5 Å². The Balaban J connectivity index is 2.34. The molecule has 0 saturated carbocycles. The van der Waals surface area contributed by atoms with Crippen LogP contribution in [0.3, 0.4) is 0 Å². The number of ether oxygens (including phenoxy) is 1. The van der Waals surface area contributed by atoms with Crippen molar-refractivity contribution >= 4 is 0 Å².